The summed E-state index contributed by atoms with van der Waals surface area (Å²) < 4.78 is 0. The fourth-order valence-electron chi connectivity index (χ4n) is 3.00. The van der Waals surface area contributed by atoms with Gasteiger partial charge < -0.3 is 10.4 Å². The number of carboxylic acid groups (broad SMARTS) is 1. The van der Waals surface area contributed by atoms with Crippen molar-refractivity contribution in [3.63, 3.8) is 0 Å². The van der Waals surface area contributed by atoms with Crippen LogP contribution in [0, 0.1) is 5.41 Å². The highest BCUT2D eigenvalue weighted by atomic mass is 16.4. The fourth-order valence-corrected chi connectivity index (χ4v) is 3.00. The Labute approximate surface area is 152 Å². The molecule has 4 nitrogen and oxygen atoms in total. The smallest absolute Gasteiger partial charge is 0.304 e. The lowest BCUT2D eigenvalue weighted by Crippen LogP contribution is -2.33. The van der Waals surface area contributed by atoms with Crippen LogP contribution in [-0.2, 0) is 4.79 Å². The number of carbonyl (C=O) groups is 1. The molecule has 0 bridgehead atoms. The monoisotopic (exact) mass is 344 g/mol. The maximum atomic E-state index is 10.7. The van der Waals surface area contributed by atoms with Gasteiger partial charge in [0, 0.05) is 18.3 Å². The molecular weight excluding hydrogens is 312 g/mol. The molecule has 0 amide bonds. The van der Waals surface area contributed by atoms with Crippen molar-refractivity contribution in [3.8, 4) is 0 Å². The lowest BCUT2D eigenvalue weighted by Gasteiger charge is -2.26. The van der Waals surface area contributed by atoms with Gasteiger partial charge in [0.05, 0.1) is 12.1 Å². The minimum atomic E-state index is -0.766. The SMILES string of the molecule is CC.CC1=CC(NCCC(=O)O)CC(C)(C)CC1=Nc1ccccc1. The number of nitrogens with one attached hydrogen (secondary N) is 1. The van der Waals surface area contributed by atoms with E-state index in [-0.39, 0.29) is 17.9 Å². The zero-order chi connectivity index (χ0) is 18.9. The van der Waals surface area contributed by atoms with Crippen LogP contribution in [0.4, 0.5) is 5.69 Å². The van der Waals surface area contributed by atoms with Crippen LogP contribution >= 0.6 is 0 Å². The zero-order valence-corrected chi connectivity index (χ0v) is 16.2. The van der Waals surface area contributed by atoms with Gasteiger partial charge in [0.2, 0.25) is 0 Å². The van der Waals surface area contributed by atoms with Gasteiger partial charge in [-0.1, -0.05) is 52.0 Å². The third kappa shape index (κ3) is 7.65. The molecule has 1 unspecified atom stereocenters. The summed E-state index contributed by atoms with van der Waals surface area (Å²) in [4.78, 5) is 15.5. The number of aliphatic carboxylic acids is 1. The van der Waals surface area contributed by atoms with E-state index in [4.69, 9.17) is 10.1 Å². The van der Waals surface area contributed by atoms with Gasteiger partial charge in [-0.25, -0.2) is 0 Å². The number of nitrogens with zero attached hydrogens (tertiary/aromatic N) is 1. The van der Waals surface area contributed by atoms with Crippen molar-refractivity contribution >= 4 is 17.4 Å². The Balaban J connectivity index is 0.00000151. The van der Waals surface area contributed by atoms with Crippen LogP contribution in [0.2, 0.25) is 0 Å². The minimum absolute atomic E-state index is 0.114. The summed E-state index contributed by atoms with van der Waals surface area (Å²) in [6.07, 6.45) is 4.23. The fraction of sp³-hybridized carbons (Fsp3) is 0.524. The molecule has 0 aromatic heterocycles. The van der Waals surface area contributed by atoms with Crippen molar-refractivity contribution in [1.29, 1.82) is 0 Å². The van der Waals surface area contributed by atoms with Crippen LogP contribution in [-0.4, -0.2) is 29.4 Å². The first-order valence-corrected chi connectivity index (χ1v) is 9.12. The van der Waals surface area contributed by atoms with E-state index in [1.807, 2.05) is 44.2 Å². The molecule has 0 heterocycles. The van der Waals surface area contributed by atoms with Gasteiger partial charge in [0.15, 0.2) is 0 Å². The summed E-state index contributed by atoms with van der Waals surface area (Å²) in [7, 11) is 0. The molecule has 1 aromatic carbocycles. The molecule has 1 aliphatic carbocycles. The van der Waals surface area contributed by atoms with Gasteiger partial charge in [-0.15, -0.1) is 0 Å². The van der Waals surface area contributed by atoms with Crippen molar-refractivity contribution in [1.82, 2.24) is 5.32 Å². The van der Waals surface area contributed by atoms with Gasteiger partial charge >= 0.3 is 5.97 Å². The van der Waals surface area contributed by atoms with Gasteiger partial charge in [-0.2, -0.15) is 0 Å². The van der Waals surface area contributed by atoms with Crippen LogP contribution in [0.1, 0.15) is 53.9 Å². The van der Waals surface area contributed by atoms with Crippen molar-refractivity contribution in [2.45, 2.75) is 59.9 Å². The molecule has 1 atom stereocenters. The van der Waals surface area contributed by atoms with Gasteiger partial charge in [-0.05, 0) is 42.9 Å². The van der Waals surface area contributed by atoms with E-state index in [0.29, 0.717) is 6.54 Å². The first kappa shape index (κ1) is 21.1. The van der Waals surface area contributed by atoms with Crippen molar-refractivity contribution in [3.05, 3.63) is 42.0 Å². The summed E-state index contributed by atoms with van der Waals surface area (Å²) in [5, 5.41) is 12.1. The van der Waals surface area contributed by atoms with Crippen LogP contribution in [0.25, 0.3) is 0 Å². The maximum Gasteiger partial charge on any atom is 0.304 e. The van der Waals surface area contributed by atoms with Crippen LogP contribution in [0.15, 0.2) is 47.0 Å². The average Bonchev–Trinajstić information content (AvgIpc) is 2.66. The second-order valence-corrected chi connectivity index (χ2v) is 6.99. The Morgan fingerprint density at radius 2 is 1.92 bits per heavy atom. The van der Waals surface area contributed by atoms with E-state index in [0.717, 1.165) is 24.2 Å². The van der Waals surface area contributed by atoms with Crippen LogP contribution in [0.3, 0.4) is 0 Å². The Bertz CT molecular complexity index is 604. The van der Waals surface area contributed by atoms with E-state index >= 15 is 0 Å². The van der Waals surface area contributed by atoms with E-state index < -0.39 is 5.97 Å². The van der Waals surface area contributed by atoms with Gasteiger partial charge in [0.25, 0.3) is 0 Å². The third-order valence-electron chi connectivity index (χ3n) is 4.09. The van der Waals surface area contributed by atoms with Crippen molar-refractivity contribution < 1.29 is 9.90 Å². The Kier molecular flexibility index (Phi) is 8.56. The van der Waals surface area contributed by atoms with E-state index in [1.54, 1.807) is 0 Å². The average molecular weight is 344 g/mol. The number of rotatable bonds is 5. The summed E-state index contributed by atoms with van der Waals surface area (Å²) in [6.45, 7) is 11.1. The number of allylic oxidation sites excluding steroid dienone is 1. The predicted molar refractivity (Wildman–Crippen MR) is 106 cm³/mol. The molecule has 1 aromatic rings. The largest absolute Gasteiger partial charge is 0.481 e. The van der Waals surface area contributed by atoms with E-state index in [2.05, 4.69) is 32.2 Å². The predicted octanol–water partition coefficient (Wildman–Crippen LogP) is 4.98. The summed E-state index contributed by atoms with van der Waals surface area (Å²) in [5.41, 5.74) is 3.38. The molecule has 2 N–H and O–H groups in total. The molecule has 2 rings (SSSR count). The molecule has 4 heteroatoms. The third-order valence-corrected chi connectivity index (χ3v) is 4.09. The van der Waals surface area contributed by atoms with Crippen LogP contribution < -0.4 is 5.32 Å². The minimum Gasteiger partial charge on any atom is -0.481 e. The molecule has 138 valence electrons. The van der Waals surface area contributed by atoms with Crippen LogP contribution in [0.5, 0.6) is 0 Å². The molecular formula is C21H32N2O2. The summed E-state index contributed by atoms with van der Waals surface area (Å²) >= 11 is 0. The molecule has 0 saturated carbocycles. The molecule has 0 saturated heterocycles. The first-order valence-electron chi connectivity index (χ1n) is 9.12. The Hall–Kier alpha value is -1.94. The highest BCUT2D eigenvalue weighted by Gasteiger charge is 2.28. The summed E-state index contributed by atoms with van der Waals surface area (Å²) in [5.74, 6) is -0.766. The maximum absolute atomic E-state index is 10.7. The normalized spacial score (nSPS) is 20.9. The molecule has 0 aliphatic heterocycles. The number of benzene rings is 1. The Morgan fingerprint density at radius 3 is 2.52 bits per heavy atom. The number of para-hydroxylation sites is 1. The molecule has 25 heavy (non-hydrogen) atoms. The molecule has 0 spiro atoms. The van der Waals surface area contributed by atoms with Crippen molar-refractivity contribution in [2.75, 3.05) is 6.54 Å². The molecule has 0 fully saturated rings. The molecule has 1 aliphatic rings. The quantitative estimate of drug-likeness (QED) is 0.791. The lowest BCUT2D eigenvalue weighted by molar-refractivity contribution is -0.136. The second kappa shape index (κ2) is 10.1. The van der Waals surface area contributed by atoms with Gasteiger partial charge in [-0.3, -0.25) is 9.79 Å². The summed E-state index contributed by atoms with van der Waals surface area (Å²) in [6, 6.07) is 10.2. The number of carboxylic acids is 1. The molecule has 0 radical (unpaired) electrons. The first-order chi connectivity index (χ1) is 11.9. The second-order valence-electron chi connectivity index (χ2n) is 6.99. The Morgan fingerprint density at radius 1 is 1.28 bits per heavy atom. The highest BCUT2D eigenvalue weighted by Crippen LogP contribution is 2.33. The number of hydrogen-bond acceptors (Lipinski definition) is 3. The van der Waals surface area contributed by atoms with E-state index in [9.17, 15) is 4.79 Å². The lowest BCUT2D eigenvalue weighted by atomic mass is 9.82. The number of aliphatic imine (C=N–C) groups is 1. The van der Waals surface area contributed by atoms with E-state index in [1.165, 1.54) is 5.57 Å². The number of hydrogen-bond donors (Lipinski definition) is 2. The zero-order valence-electron chi connectivity index (χ0n) is 16.2. The van der Waals surface area contributed by atoms with Gasteiger partial charge in [0.1, 0.15) is 0 Å². The van der Waals surface area contributed by atoms with Crippen molar-refractivity contribution in [2.24, 2.45) is 10.4 Å². The standard InChI is InChI=1S/C19H26N2O2.C2H6/c1-14-11-16(20-10-9-18(22)23)12-19(2,3)13-17(14)21-15-7-5-4-6-8-15;1-2/h4-8,11,16,20H,9-10,12-13H2,1-3H3,(H,22,23);1-2H3. The highest BCUT2D eigenvalue weighted by molar-refractivity contribution is 6.01. The topological polar surface area (TPSA) is 61.7 Å².